The molecule has 1 nitrogen and oxygen atoms in total. The molecule has 0 saturated carbocycles. The Morgan fingerprint density at radius 3 is 1.98 bits per heavy atom. The van der Waals surface area contributed by atoms with Crippen LogP contribution in [0.4, 0.5) is 21.5 Å². The van der Waals surface area contributed by atoms with Gasteiger partial charge in [0, 0.05) is 42.6 Å². The zero-order valence-electron chi connectivity index (χ0n) is 23.4. The summed E-state index contributed by atoms with van der Waals surface area (Å²) in [5.41, 5.74) is 10.6. The van der Waals surface area contributed by atoms with Gasteiger partial charge >= 0.3 is 0 Å². The van der Waals surface area contributed by atoms with Crippen molar-refractivity contribution in [2.24, 2.45) is 0 Å². The summed E-state index contributed by atoms with van der Waals surface area (Å²) in [5.74, 6) is -0.240. The number of anilines is 3. The Hall–Kier alpha value is -4.73. The molecular weight excluding hydrogens is 534 g/mol. The summed E-state index contributed by atoms with van der Waals surface area (Å²) in [4.78, 5) is 2.22. The quantitative estimate of drug-likeness (QED) is 0.207. The molecule has 0 spiro atoms. The third-order valence-corrected chi connectivity index (χ3v) is 9.97. The fourth-order valence-electron chi connectivity index (χ4n) is 6.63. The Kier molecular flexibility index (Phi) is 5.60. The van der Waals surface area contributed by atoms with Crippen molar-refractivity contribution < 1.29 is 4.39 Å². The number of hydrogen-bond acceptors (Lipinski definition) is 2. The van der Waals surface area contributed by atoms with E-state index in [1.165, 1.54) is 65.7 Å². The summed E-state index contributed by atoms with van der Waals surface area (Å²) in [6, 6.07) is 46.2. The summed E-state index contributed by atoms with van der Waals surface area (Å²) >= 11 is 1.85. The first kappa shape index (κ1) is 25.0. The van der Waals surface area contributed by atoms with Crippen LogP contribution < -0.4 is 4.90 Å². The van der Waals surface area contributed by atoms with Crippen LogP contribution in [0.2, 0.25) is 0 Å². The molecule has 7 aromatic rings. The standard InChI is InChI=1S/C39H28FNS/c1-39(2)35-12-5-3-8-31(35)32-23-22-29(24-36(32)39)41(28-20-16-26(40)17-21-28)27-18-14-25(15-19-27)30-10-7-11-34-33-9-4-6-13-37(33)42-38(30)34/h3-24H,1-2H3. The van der Waals surface area contributed by atoms with E-state index in [0.717, 1.165) is 17.1 Å². The fraction of sp³-hybridized carbons (Fsp3) is 0.0769. The molecule has 8 rings (SSSR count). The van der Waals surface area contributed by atoms with Crippen molar-refractivity contribution in [3.63, 3.8) is 0 Å². The lowest BCUT2D eigenvalue weighted by Crippen LogP contribution is -2.16. The molecule has 1 heterocycles. The maximum absolute atomic E-state index is 14.0. The number of hydrogen-bond donors (Lipinski definition) is 0. The van der Waals surface area contributed by atoms with E-state index in [1.807, 2.05) is 23.5 Å². The molecule has 0 fully saturated rings. The molecule has 0 bridgehead atoms. The minimum Gasteiger partial charge on any atom is -0.310 e. The first-order chi connectivity index (χ1) is 20.5. The van der Waals surface area contributed by atoms with Gasteiger partial charge in [-0.3, -0.25) is 0 Å². The van der Waals surface area contributed by atoms with Gasteiger partial charge in [-0.05, 0) is 88.0 Å². The fourth-order valence-corrected chi connectivity index (χ4v) is 7.87. The summed E-state index contributed by atoms with van der Waals surface area (Å²) in [6.07, 6.45) is 0. The minimum atomic E-state index is -0.240. The SMILES string of the molecule is CC1(C)c2ccccc2-c2ccc(N(c3ccc(F)cc3)c3ccc(-c4cccc5c4sc4ccccc45)cc3)cc21. The van der Waals surface area contributed by atoms with Gasteiger partial charge in [0.05, 0.1) is 0 Å². The van der Waals surface area contributed by atoms with Crippen LogP contribution in [0.1, 0.15) is 25.0 Å². The van der Waals surface area contributed by atoms with Gasteiger partial charge in [-0.15, -0.1) is 11.3 Å². The predicted molar refractivity (Wildman–Crippen MR) is 177 cm³/mol. The summed E-state index contributed by atoms with van der Waals surface area (Å²) < 4.78 is 16.6. The van der Waals surface area contributed by atoms with Crippen LogP contribution in [0.3, 0.4) is 0 Å². The molecule has 0 aliphatic heterocycles. The van der Waals surface area contributed by atoms with Gasteiger partial charge in [-0.25, -0.2) is 4.39 Å². The average molecular weight is 562 g/mol. The largest absolute Gasteiger partial charge is 0.310 e. The van der Waals surface area contributed by atoms with E-state index >= 15 is 0 Å². The van der Waals surface area contributed by atoms with Gasteiger partial charge < -0.3 is 4.90 Å². The van der Waals surface area contributed by atoms with Crippen molar-refractivity contribution >= 4 is 48.6 Å². The highest BCUT2D eigenvalue weighted by Gasteiger charge is 2.35. The Morgan fingerprint density at radius 1 is 0.548 bits per heavy atom. The van der Waals surface area contributed by atoms with Crippen LogP contribution in [-0.4, -0.2) is 0 Å². The van der Waals surface area contributed by atoms with E-state index in [-0.39, 0.29) is 11.2 Å². The van der Waals surface area contributed by atoms with Crippen LogP contribution in [0.25, 0.3) is 42.4 Å². The first-order valence-electron chi connectivity index (χ1n) is 14.3. The molecule has 202 valence electrons. The van der Waals surface area contributed by atoms with E-state index in [0.29, 0.717) is 0 Å². The lowest BCUT2D eigenvalue weighted by Gasteiger charge is -2.28. The molecule has 1 aromatic heterocycles. The lowest BCUT2D eigenvalue weighted by molar-refractivity contribution is 0.628. The molecule has 0 saturated heterocycles. The second-order valence-corrected chi connectivity index (χ2v) is 12.6. The molecule has 1 aliphatic carbocycles. The maximum atomic E-state index is 14.0. The van der Waals surface area contributed by atoms with Crippen molar-refractivity contribution in [3.8, 4) is 22.3 Å². The number of thiophene rings is 1. The summed E-state index contributed by atoms with van der Waals surface area (Å²) in [7, 11) is 0. The average Bonchev–Trinajstić information content (AvgIpc) is 3.51. The van der Waals surface area contributed by atoms with Crippen LogP contribution in [0, 0.1) is 5.82 Å². The zero-order valence-corrected chi connectivity index (χ0v) is 24.3. The summed E-state index contributed by atoms with van der Waals surface area (Å²) in [5, 5.41) is 2.60. The molecule has 0 N–H and O–H groups in total. The zero-order chi connectivity index (χ0) is 28.4. The molecule has 3 heteroatoms. The van der Waals surface area contributed by atoms with E-state index in [2.05, 4.69) is 128 Å². The Balaban J connectivity index is 1.25. The van der Waals surface area contributed by atoms with Crippen molar-refractivity contribution in [1.82, 2.24) is 0 Å². The van der Waals surface area contributed by atoms with Crippen molar-refractivity contribution in [3.05, 3.63) is 150 Å². The van der Waals surface area contributed by atoms with Gasteiger partial charge in [0.2, 0.25) is 0 Å². The third-order valence-electron chi connectivity index (χ3n) is 8.75. The molecule has 1 aliphatic rings. The predicted octanol–water partition coefficient (Wildman–Crippen LogP) is 11.6. The topological polar surface area (TPSA) is 3.24 Å². The highest BCUT2D eigenvalue weighted by molar-refractivity contribution is 7.26. The highest BCUT2D eigenvalue weighted by Crippen LogP contribution is 2.50. The second kappa shape index (κ2) is 9.40. The minimum absolute atomic E-state index is 0.108. The Bertz CT molecular complexity index is 2120. The van der Waals surface area contributed by atoms with E-state index < -0.39 is 0 Å². The van der Waals surface area contributed by atoms with Crippen LogP contribution in [0.15, 0.2) is 133 Å². The number of halogens is 1. The molecule has 0 amide bonds. The molecular formula is C39H28FNS. The lowest BCUT2D eigenvalue weighted by atomic mass is 9.82. The second-order valence-electron chi connectivity index (χ2n) is 11.5. The van der Waals surface area contributed by atoms with Crippen molar-refractivity contribution in [2.45, 2.75) is 19.3 Å². The van der Waals surface area contributed by atoms with Crippen LogP contribution in [0.5, 0.6) is 0 Å². The molecule has 0 radical (unpaired) electrons. The Labute approximate surface area is 249 Å². The first-order valence-corrected chi connectivity index (χ1v) is 15.1. The number of rotatable bonds is 4. The van der Waals surface area contributed by atoms with Crippen LogP contribution >= 0.6 is 11.3 Å². The van der Waals surface area contributed by atoms with E-state index in [9.17, 15) is 4.39 Å². The maximum Gasteiger partial charge on any atom is 0.123 e. The molecule has 0 atom stereocenters. The normalized spacial score (nSPS) is 13.3. The van der Waals surface area contributed by atoms with Gasteiger partial charge in [-0.2, -0.15) is 0 Å². The van der Waals surface area contributed by atoms with Gasteiger partial charge in [0.15, 0.2) is 0 Å². The monoisotopic (exact) mass is 561 g/mol. The number of benzene rings is 6. The highest BCUT2D eigenvalue weighted by atomic mass is 32.1. The van der Waals surface area contributed by atoms with E-state index in [1.54, 1.807) is 0 Å². The van der Waals surface area contributed by atoms with Crippen molar-refractivity contribution in [2.75, 3.05) is 4.90 Å². The smallest absolute Gasteiger partial charge is 0.123 e. The van der Waals surface area contributed by atoms with Crippen LogP contribution in [-0.2, 0) is 5.41 Å². The number of nitrogens with zero attached hydrogens (tertiary/aromatic N) is 1. The molecule has 42 heavy (non-hydrogen) atoms. The summed E-state index contributed by atoms with van der Waals surface area (Å²) in [6.45, 7) is 4.60. The van der Waals surface area contributed by atoms with Crippen molar-refractivity contribution in [1.29, 1.82) is 0 Å². The van der Waals surface area contributed by atoms with Gasteiger partial charge in [-0.1, -0.05) is 92.7 Å². The molecule has 0 unspecified atom stereocenters. The number of fused-ring (bicyclic) bond motifs is 6. The third kappa shape index (κ3) is 3.81. The van der Waals surface area contributed by atoms with E-state index in [4.69, 9.17) is 0 Å². The Morgan fingerprint density at radius 2 is 1.17 bits per heavy atom. The van der Waals surface area contributed by atoms with Gasteiger partial charge in [0.1, 0.15) is 5.82 Å². The molecule has 6 aromatic carbocycles. The van der Waals surface area contributed by atoms with Gasteiger partial charge in [0.25, 0.3) is 0 Å².